The number of halogens is 1. The molecule has 0 spiro atoms. The minimum Gasteiger partial charge on any atom is -0.337 e. The molecule has 1 fully saturated rings. The molecule has 1 amide bonds. The fraction of sp³-hybridized carbons (Fsp3) is 0.533. The van der Waals surface area contributed by atoms with Gasteiger partial charge in [-0.3, -0.25) is 4.79 Å². The maximum absolute atomic E-state index is 12.4. The van der Waals surface area contributed by atoms with Crippen LogP contribution in [0.2, 0.25) is 5.02 Å². The molecule has 1 aromatic carbocycles. The zero-order valence-electron chi connectivity index (χ0n) is 11.4. The fourth-order valence-corrected chi connectivity index (χ4v) is 2.70. The Bertz CT molecular complexity index is 430. The van der Waals surface area contributed by atoms with Gasteiger partial charge in [-0.15, -0.1) is 0 Å². The molecule has 104 valence electrons. The third-order valence-corrected chi connectivity index (χ3v) is 3.80. The van der Waals surface area contributed by atoms with Gasteiger partial charge in [0.05, 0.1) is 6.04 Å². The summed E-state index contributed by atoms with van der Waals surface area (Å²) in [6, 6.07) is 7.70. The lowest BCUT2D eigenvalue weighted by molar-refractivity contribution is -0.134. The van der Waals surface area contributed by atoms with Gasteiger partial charge in [-0.05, 0) is 44.0 Å². The molecule has 0 bridgehead atoms. The van der Waals surface area contributed by atoms with Gasteiger partial charge in [-0.25, -0.2) is 0 Å². The number of hydrogen-bond donors (Lipinski definition) is 1. The van der Waals surface area contributed by atoms with E-state index in [1.54, 1.807) is 0 Å². The number of amides is 1. The van der Waals surface area contributed by atoms with Gasteiger partial charge in [-0.1, -0.05) is 30.2 Å². The van der Waals surface area contributed by atoms with Gasteiger partial charge in [0.1, 0.15) is 0 Å². The Morgan fingerprint density at radius 3 is 2.95 bits per heavy atom. The van der Waals surface area contributed by atoms with Crippen LogP contribution in [0.25, 0.3) is 0 Å². The van der Waals surface area contributed by atoms with E-state index in [1.165, 1.54) is 6.42 Å². The van der Waals surface area contributed by atoms with E-state index in [0.717, 1.165) is 36.5 Å². The highest BCUT2D eigenvalue weighted by atomic mass is 35.5. The van der Waals surface area contributed by atoms with E-state index in [4.69, 9.17) is 11.6 Å². The molecule has 0 saturated carbocycles. The molecule has 0 unspecified atom stereocenters. The van der Waals surface area contributed by atoms with Crippen LogP contribution in [0, 0.1) is 0 Å². The van der Waals surface area contributed by atoms with Crippen molar-refractivity contribution in [3.05, 3.63) is 34.9 Å². The van der Waals surface area contributed by atoms with Crippen LogP contribution >= 0.6 is 11.6 Å². The highest BCUT2D eigenvalue weighted by Crippen LogP contribution is 2.15. The molecule has 1 atom stereocenters. The lowest BCUT2D eigenvalue weighted by Gasteiger charge is -2.29. The standard InChI is InChI=1S/C15H21ClN2O/c1-2-18(11-12-6-5-7-13(16)10-12)15(19)14-8-3-4-9-17-14/h5-7,10,14,17H,2-4,8-9,11H2,1H3/t14-/m0/s1. The first kappa shape index (κ1) is 14.4. The third-order valence-electron chi connectivity index (χ3n) is 3.56. The first-order valence-electron chi connectivity index (χ1n) is 6.97. The fourth-order valence-electron chi connectivity index (χ4n) is 2.48. The molecule has 1 saturated heterocycles. The van der Waals surface area contributed by atoms with Crippen LogP contribution in [0.1, 0.15) is 31.7 Å². The Kier molecular flexibility index (Phi) is 5.23. The van der Waals surface area contributed by atoms with Crippen LogP contribution in [-0.2, 0) is 11.3 Å². The zero-order chi connectivity index (χ0) is 13.7. The van der Waals surface area contributed by atoms with Gasteiger partial charge in [0, 0.05) is 18.1 Å². The van der Waals surface area contributed by atoms with Crippen LogP contribution in [0.15, 0.2) is 24.3 Å². The third kappa shape index (κ3) is 3.95. The van der Waals surface area contributed by atoms with Crippen molar-refractivity contribution < 1.29 is 4.79 Å². The number of likely N-dealkylation sites (N-methyl/N-ethyl adjacent to an activating group) is 1. The minimum absolute atomic E-state index is 0.00659. The molecule has 0 radical (unpaired) electrons. The SMILES string of the molecule is CCN(Cc1cccc(Cl)c1)C(=O)[C@@H]1CCCCN1. The minimum atomic E-state index is -0.00659. The second-order valence-electron chi connectivity index (χ2n) is 4.98. The Morgan fingerprint density at radius 2 is 2.32 bits per heavy atom. The molecule has 3 nitrogen and oxygen atoms in total. The Morgan fingerprint density at radius 1 is 1.47 bits per heavy atom. The maximum Gasteiger partial charge on any atom is 0.239 e. The van der Waals surface area contributed by atoms with Gasteiger partial charge < -0.3 is 10.2 Å². The second kappa shape index (κ2) is 6.92. The quantitative estimate of drug-likeness (QED) is 0.920. The highest BCUT2D eigenvalue weighted by molar-refractivity contribution is 6.30. The molecule has 0 aliphatic carbocycles. The van der Waals surface area contributed by atoms with Crippen molar-refractivity contribution in [1.29, 1.82) is 0 Å². The number of rotatable bonds is 4. The molecule has 1 aliphatic rings. The van der Waals surface area contributed by atoms with E-state index in [0.29, 0.717) is 6.54 Å². The number of nitrogens with zero attached hydrogens (tertiary/aromatic N) is 1. The number of carbonyl (C=O) groups is 1. The van der Waals surface area contributed by atoms with Gasteiger partial charge >= 0.3 is 0 Å². The molecule has 2 rings (SSSR count). The Hall–Kier alpha value is -1.06. The van der Waals surface area contributed by atoms with E-state index in [2.05, 4.69) is 5.32 Å². The molecule has 1 heterocycles. The molecule has 0 aromatic heterocycles. The molecular weight excluding hydrogens is 260 g/mol. The zero-order valence-corrected chi connectivity index (χ0v) is 12.1. The van der Waals surface area contributed by atoms with E-state index in [1.807, 2.05) is 36.1 Å². The average Bonchev–Trinajstić information content (AvgIpc) is 2.45. The van der Waals surface area contributed by atoms with Crippen molar-refractivity contribution in [2.75, 3.05) is 13.1 Å². The molecular formula is C15H21ClN2O. The lowest BCUT2D eigenvalue weighted by atomic mass is 10.0. The summed E-state index contributed by atoms with van der Waals surface area (Å²) in [4.78, 5) is 14.3. The van der Waals surface area contributed by atoms with Gasteiger partial charge in [0.2, 0.25) is 5.91 Å². The largest absolute Gasteiger partial charge is 0.337 e. The Labute approximate surface area is 119 Å². The molecule has 1 aliphatic heterocycles. The van der Waals surface area contributed by atoms with E-state index < -0.39 is 0 Å². The number of nitrogens with one attached hydrogen (secondary N) is 1. The van der Waals surface area contributed by atoms with Crippen molar-refractivity contribution in [2.45, 2.75) is 38.8 Å². The van der Waals surface area contributed by atoms with Gasteiger partial charge in [-0.2, -0.15) is 0 Å². The van der Waals surface area contributed by atoms with Crippen molar-refractivity contribution >= 4 is 17.5 Å². The van der Waals surface area contributed by atoms with Crippen molar-refractivity contribution in [3.8, 4) is 0 Å². The van der Waals surface area contributed by atoms with Crippen LogP contribution in [0.4, 0.5) is 0 Å². The number of carbonyl (C=O) groups excluding carboxylic acids is 1. The Balaban J connectivity index is 2.00. The topological polar surface area (TPSA) is 32.3 Å². The van der Waals surface area contributed by atoms with Crippen LogP contribution < -0.4 is 5.32 Å². The summed E-state index contributed by atoms with van der Waals surface area (Å²) in [5.41, 5.74) is 1.08. The molecule has 4 heteroatoms. The number of benzene rings is 1. The smallest absolute Gasteiger partial charge is 0.239 e. The first-order chi connectivity index (χ1) is 9.20. The van der Waals surface area contributed by atoms with Crippen molar-refractivity contribution in [2.24, 2.45) is 0 Å². The maximum atomic E-state index is 12.4. The number of hydrogen-bond acceptors (Lipinski definition) is 2. The molecule has 1 N–H and O–H groups in total. The lowest BCUT2D eigenvalue weighted by Crippen LogP contribution is -2.48. The average molecular weight is 281 g/mol. The predicted molar refractivity (Wildman–Crippen MR) is 78.2 cm³/mol. The van der Waals surface area contributed by atoms with Gasteiger partial charge in [0.25, 0.3) is 0 Å². The summed E-state index contributed by atoms with van der Waals surface area (Å²) in [5, 5.41) is 4.03. The highest BCUT2D eigenvalue weighted by Gasteiger charge is 2.24. The molecule has 19 heavy (non-hydrogen) atoms. The van der Waals surface area contributed by atoms with E-state index in [-0.39, 0.29) is 11.9 Å². The normalized spacial score (nSPS) is 19.2. The summed E-state index contributed by atoms with van der Waals surface area (Å²) < 4.78 is 0. The summed E-state index contributed by atoms with van der Waals surface area (Å²) >= 11 is 5.98. The van der Waals surface area contributed by atoms with Crippen molar-refractivity contribution in [1.82, 2.24) is 10.2 Å². The summed E-state index contributed by atoms with van der Waals surface area (Å²) in [6.45, 7) is 4.33. The summed E-state index contributed by atoms with van der Waals surface area (Å²) in [7, 11) is 0. The van der Waals surface area contributed by atoms with Crippen LogP contribution in [-0.4, -0.2) is 29.9 Å². The summed E-state index contributed by atoms with van der Waals surface area (Å²) in [6.07, 6.45) is 3.26. The molecule has 1 aromatic rings. The second-order valence-corrected chi connectivity index (χ2v) is 5.42. The number of piperidine rings is 1. The van der Waals surface area contributed by atoms with Crippen molar-refractivity contribution in [3.63, 3.8) is 0 Å². The van der Waals surface area contributed by atoms with Gasteiger partial charge in [0.15, 0.2) is 0 Å². The predicted octanol–water partition coefficient (Wildman–Crippen LogP) is 2.83. The van der Waals surface area contributed by atoms with E-state index >= 15 is 0 Å². The summed E-state index contributed by atoms with van der Waals surface area (Å²) in [5.74, 6) is 0.210. The van der Waals surface area contributed by atoms with E-state index in [9.17, 15) is 4.79 Å². The van der Waals surface area contributed by atoms with Crippen LogP contribution in [0.5, 0.6) is 0 Å². The first-order valence-corrected chi connectivity index (χ1v) is 7.35. The van der Waals surface area contributed by atoms with Crippen LogP contribution in [0.3, 0.4) is 0 Å². The monoisotopic (exact) mass is 280 g/mol.